The van der Waals surface area contributed by atoms with Crippen molar-refractivity contribution < 1.29 is 52.8 Å². The second-order valence-corrected chi connectivity index (χ2v) is 14.0. The highest BCUT2D eigenvalue weighted by atomic mass is 16.6. The van der Waals surface area contributed by atoms with Crippen LogP contribution >= 0.6 is 0 Å². The first-order chi connectivity index (χ1) is 26.6. The standard InChI is InChI=1S/C44H54O11/c1-25-30-18-32(40(48-6)22-38(30)46)27(3)36-20-34-28(4)35-19-33(26(2)29-17-31(25)39(47-5)21-37(29)45)41(49-7)23-43(35)54-15-13-52-11-9-51-10-12-53-14-16-55-44(36)24-42(34)50-8/h17-28,45-46H,9-16H2,1-8H3/t25-,26-,27+,28+/m1/s1. The molecule has 9 bridgehead atoms. The van der Waals surface area contributed by atoms with Crippen LogP contribution in [0.1, 0.15) is 95.9 Å². The SMILES string of the molecule is COc1cc(O)c2cc1[C@H](C)c1cc3c(OC)cc1OCCOCCOCCOCCOc1cc(OC)c(cc1[C@H]3C)[C@H](C)c1cc(c(OC)cc1O)[C@@H]2C. The lowest BCUT2D eigenvalue weighted by Gasteiger charge is -2.28. The Kier molecular flexibility index (Phi) is 12.9. The fourth-order valence-corrected chi connectivity index (χ4v) is 7.71. The van der Waals surface area contributed by atoms with Crippen molar-refractivity contribution in [3.05, 3.63) is 93.0 Å². The maximum atomic E-state index is 11.5. The molecule has 4 aromatic rings. The molecular formula is C44H54O11. The lowest BCUT2D eigenvalue weighted by Crippen LogP contribution is -2.16. The van der Waals surface area contributed by atoms with Crippen LogP contribution in [0.4, 0.5) is 0 Å². The monoisotopic (exact) mass is 758 g/mol. The van der Waals surface area contributed by atoms with E-state index in [4.69, 9.17) is 42.6 Å². The third-order valence-corrected chi connectivity index (χ3v) is 10.9. The first kappa shape index (κ1) is 39.8. The van der Waals surface area contributed by atoms with Crippen LogP contribution in [0.15, 0.2) is 48.5 Å². The molecule has 4 aromatic carbocycles. The Morgan fingerprint density at radius 2 is 0.655 bits per heavy atom. The molecule has 2 aliphatic heterocycles. The van der Waals surface area contributed by atoms with Gasteiger partial charge in [-0.15, -0.1) is 0 Å². The van der Waals surface area contributed by atoms with E-state index in [9.17, 15) is 10.2 Å². The summed E-state index contributed by atoms with van der Waals surface area (Å²) in [7, 11) is 6.47. The number of hydrogen-bond donors (Lipinski definition) is 2. The third-order valence-electron chi connectivity index (χ3n) is 10.9. The van der Waals surface area contributed by atoms with Crippen molar-refractivity contribution in [1.82, 2.24) is 0 Å². The minimum atomic E-state index is -0.350. The molecule has 0 radical (unpaired) electrons. The molecule has 7 rings (SSSR count). The smallest absolute Gasteiger partial charge is 0.126 e. The molecule has 1 aliphatic carbocycles. The Hall–Kier alpha value is -4.84. The van der Waals surface area contributed by atoms with E-state index in [1.54, 1.807) is 40.6 Å². The zero-order valence-corrected chi connectivity index (χ0v) is 33.2. The van der Waals surface area contributed by atoms with Gasteiger partial charge in [-0.25, -0.2) is 0 Å². The van der Waals surface area contributed by atoms with Crippen molar-refractivity contribution in [2.45, 2.75) is 51.4 Å². The van der Waals surface area contributed by atoms with Crippen LogP contribution in [-0.4, -0.2) is 91.5 Å². The van der Waals surface area contributed by atoms with Crippen LogP contribution in [0.25, 0.3) is 0 Å². The van der Waals surface area contributed by atoms with Gasteiger partial charge in [0.05, 0.1) is 68.1 Å². The van der Waals surface area contributed by atoms with Gasteiger partial charge in [0, 0.05) is 92.4 Å². The molecule has 2 N–H and O–H groups in total. The molecule has 296 valence electrons. The van der Waals surface area contributed by atoms with Gasteiger partial charge in [-0.3, -0.25) is 0 Å². The van der Waals surface area contributed by atoms with Gasteiger partial charge in [0.15, 0.2) is 0 Å². The molecule has 11 nitrogen and oxygen atoms in total. The number of methoxy groups -OCH3 is 4. The quantitative estimate of drug-likeness (QED) is 0.198. The van der Waals surface area contributed by atoms with Crippen molar-refractivity contribution in [2.75, 3.05) is 81.3 Å². The summed E-state index contributed by atoms with van der Waals surface area (Å²) >= 11 is 0. The number of rotatable bonds is 4. The van der Waals surface area contributed by atoms with E-state index >= 15 is 0 Å². The highest BCUT2D eigenvalue weighted by Crippen LogP contribution is 2.50. The Bertz CT molecular complexity index is 1940. The van der Waals surface area contributed by atoms with Gasteiger partial charge in [0.1, 0.15) is 59.2 Å². The number of hydrogen-bond acceptors (Lipinski definition) is 11. The van der Waals surface area contributed by atoms with E-state index in [1.807, 2.05) is 38.1 Å². The highest BCUT2D eigenvalue weighted by molar-refractivity contribution is 5.62. The maximum absolute atomic E-state index is 11.5. The summed E-state index contributed by atoms with van der Waals surface area (Å²) in [5, 5.41) is 23.0. The van der Waals surface area contributed by atoms with Gasteiger partial charge >= 0.3 is 0 Å². The number of fused-ring (bicyclic) bond motifs is 18. The molecule has 0 saturated carbocycles. The predicted molar refractivity (Wildman–Crippen MR) is 209 cm³/mol. The molecule has 55 heavy (non-hydrogen) atoms. The molecular weight excluding hydrogens is 704 g/mol. The van der Waals surface area contributed by atoms with Gasteiger partial charge in [-0.1, -0.05) is 27.7 Å². The van der Waals surface area contributed by atoms with Crippen molar-refractivity contribution >= 4 is 0 Å². The van der Waals surface area contributed by atoms with Crippen LogP contribution in [0.5, 0.6) is 46.0 Å². The van der Waals surface area contributed by atoms with Crippen LogP contribution in [0, 0.1) is 0 Å². The average molecular weight is 759 g/mol. The fraction of sp³-hybridized carbons (Fsp3) is 0.455. The van der Waals surface area contributed by atoms with Crippen LogP contribution in [0.3, 0.4) is 0 Å². The Balaban J connectivity index is 1.66. The number of aromatic hydroxyl groups is 2. The van der Waals surface area contributed by atoms with E-state index in [1.165, 1.54) is 0 Å². The summed E-state index contributed by atoms with van der Waals surface area (Å²) < 4.78 is 54.2. The maximum Gasteiger partial charge on any atom is 0.126 e. The lowest BCUT2D eigenvalue weighted by molar-refractivity contribution is 0.00486. The first-order valence-electron chi connectivity index (χ1n) is 18.9. The predicted octanol–water partition coefficient (Wildman–Crippen LogP) is 7.87. The molecule has 0 fully saturated rings. The van der Waals surface area contributed by atoms with E-state index < -0.39 is 0 Å². The summed E-state index contributed by atoms with van der Waals surface area (Å²) in [5.74, 6) is 2.53. The minimum Gasteiger partial charge on any atom is -0.508 e. The summed E-state index contributed by atoms with van der Waals surface area (Å²) in [6.45, 7) is 11.3. The van der Waals surface area contributed by atoms with Crippen LogP contribution in [-0.2, 0) is 14.2 Å². The van der Waals surface area contributed by atoms with E-state index in [2.05, 4.69) is 26.0 Å². The van der Waals surface area contributed by atoms with E-state index in [0.29, 0.717) is 98.5 Å². The summed E-state index contributed by atoms with van der Waals surface area (Å²) in [5.41, 5.74) is 6.58. The fourth-order valence-electron chi connectivity index (χ4n) is 7.71. The molecule has 0 saturated heterocycles. The largest absolute Gasteiger partial charge is 0.508 e. The lowest BCUT2D eigenvalue weighted by atomic mass is 9.80. The van der Waals surface area contributed by atoms with Gasteiger partial charge in [0.2, 0.25) is 0 Å². The van der Waals surface area contributed by atoms with Crippen molar-refractivity contribution in [1.29, 1.82) is 0 Å². The van der Waals surface area contributed by atoms with Crippen molar-refractivity contribution in [2.24, 2.45) is 0 Å². The van der Waals surface area contributed by atoms with Crippen molar-refractivity contribution in [3.8, 4) is 46.0 Å². The Morgan fingerprint density at radius 1 is 0.382 bits per heavy atom. The molecule has 0 spiro atoms. The first-order valence-corrected chi connectivity index (χ1v) is 18.9. The highest BCUT2D eigenvalue weighted by Gasteiger charge is 2.30. The van der Waals surface area contributed by atoms with Crippen LogP contribution < -0.4 is 28.4 Å². The molecule has 2 heterocycles. The van der Waals surface area contributed by atoms with Crippen LogP contribution in [0.2, 0.25) is 0 Å². The molecule has 0 aromatic heterocycles. The number of ether oxygens (including phenoxy) is 9. The molecule has 0 amide bonds. The second-order valence-electron chi connectivity index (χ2n) is 14.0. The molecule has 11 heteroatoms. The Morgan fingerprint density at radius 3 is 0.982 bits per heavy atom. The second kappa shape index (κ2) is 17.7. The zero-order chi connectivity index (χ0) is 39.2. The number of benzene rings is 4. The molecule has 3 aliphatic rings. The minimum absolute atomic E-state index is 0.0831. The van der Waals surface area contributed by atoms with E-state index in [-0.39, 0.29) is 35.2 Å². The topological polar surface area (TPSA) is 124 Å². The van der Waals surface area contributed by atoms with Crippen molar-refractivity contribution in [3.63, 3.8) is 0 Å². The van der Waals surface area contributed by atoms with Gasteiger partial charge in [-0.2, -0.15) is 0 Å². The average Bonchev–Trinajstić information content (AvgIpc) is 3.19. The summed E-state index contributed by atoms with van der Waals surface area (Å²) in [6.07, 6.45) is 0. The Labute approximate surface area is 324 Å². The molecule has 4 atom stereocenters. The van der Waals surface area contributed by atoms with E-state index in [0.717, 1.165) is 33.4 Å². The number of phenols is 2. The summed E-state index contributed by atoms with van der Waals surface area (Å²) in [6, 6.07) is 15.4. The van der Waals surface area contributed by atoms with Gasteiger partial charge in [0.25, 0.3) is 0 Å². The summed E-state index contributed by atoms with van der Waals surface area (Å²) in [4.78, 5) is 0. The van der Waals surface area contributed by atoms with Gasteiger partial charge in [-0.05, 0) is 24.3 Å². The zero-order valence-electron chi connectivity index (χ0n) is 33.2. The van der Waals surface area contributed by atoms with Gasteiger partial charge < -0.3 is 52.8 Å². The molecule has 0 unspecified atom stereocenters. The normalized spacial score (nSPS) is 20.7. The number of phenolic OH excluding ortho intramolecular Hbond substituents is 2. The third kappa shape index (κ3) is 8.24.